The van der Waals surface area contributed by atoms with E-state index in [-0.39, 0.29) is 43.3 Å². The number of halogens is 1. The monoisotopic (exact) mass is 655 g/mol. The molecule has 1 heterocycles. The van der Waals surface area contributed by atoms with Gasteiger partial charge in [-0.05, 0) is 51.9 Å². The molecule has 40 heavy (non-hydrogen) atoms. The summed E-state index contributed by atoms with van der Waals surface area (Å²) in [7, 11) is 0. The first-order chi connectivity index (χ1) is 19.1. The number of aliphatic hydroxyl groups excluding tert-OH is 1. The van der Waals surface area contributed by atoms with E-state index >= 15 is 0 Å². The molecule has 0 radical (unpaired) electrons. The molecule has 2 amide bonds. The number of aliphatic hydroxyl groups is 2. The molecule has 10 heteroatoms. The third kappa shape index (κ3) is 6.24. The molecule has 208 valence electrons. The molecule has 1 aliphatic rings. The number of fused-ring (bicyclic) bond motifs is 1. The number of benzene rings is 3. The highest BCUT2D eigenvalue weighted by atomic mass is 127. The van der Waals surface area contributed by atoms with Crippen molar-refractivity contribution in [3.8, 4) is 0 Å². The minimum atomic E-state index is -2.06. The summed E-state index contributed by atoms with van der Waals surface area (Å²) < 4.78 is 0.990. The van der Waals surface area contributed by atoms with Gasteiger partial charge in [0.2, 0.25) is 5.91 Å². The maximum absolute atomic E-state index is 13.8. The number of hydrogen-bond donors (Lipinski definition) is 2. The Hall–Kier alpha value is -3.61. The molecular formula is C30H30IN3O6. The van der Waals surface area contributed by atoms with Crippen LogP contribution in [0.1, 0.15) is 30.0 Å². The minimum Gasteiger partial charge on any atom is -0.395 e. The Morgan fingerprint density at radius 3 is 2.52 bits per heavy atom. The second kappa shape index (κ2) is 12.7. The van der Waals surface area contributed by atoms with E-state index in [2.05, 4.69) is 22.6 Å². The van der Waals surface area contributed by atoms with Crippen LogP contribution in [0.5, 0.6) is 0 Å². The number of nitro groups is 1. The van der Waals surface area contributed by atoms with Crippen molar-refractivity contribution in [1.29, 1.82) is 0 Å². The van der Waals surface area contributed by atoms with Gasteiger partial charge in [0.25, 0.3) is 11.6 Å². The van der Waals surface area contributed by atoms with E-state index in [9.17, 15) is 29.9 Å². The number of rotatable bonds is 11. The maximum atomic E-state index is 13.8. The first kappa shape index (κ1) is 29.4. The van der Waals surface area contributed by atoms with Gasteiger partial charge in [-0.2, -0.15) is 0 Å². The van der Waals surface area contributed by atoms with Gasteiger partial charge in [0.05, 0.1) is 23.8 Å². The molecule has 0 aliphatic carbocycles. The van der Waals surface area contributed by atoms with E-state index in [0.29, 0.717) is 12.2 Å². The lowest BCUT2D eigenvalue weighted by atomic mass is 9.82. The molecule has 2 N–H and O–H groups in total. The summed E-state index contributed by atoms with van der Waals surface area (Å²) in [5.74, 6) is -1.60. The Labute approximate surface area is 246 Å². The zero-order chi connectivity index (χ0) is 28.9. The van der Waals surface area contributed by atoms with E-state index in [0.717, 1.165) is 14.7 Å². The number of nitrogens with zero attached hydrogens (tertiary/aromatic N) is 3. The molecule has 4 rings (SSSR count). The normalized spacial score (nSPS) is 17.2. The summed E-state index contributed by atoms with van der Waals surface area (Å²) in [4.78, 5) is 40.6. The lowest BCUT2D eigenvalue weighted by Gasteiger charge is -2.27. The van der Waals surface area contributed by atoms with Gasteiger partial charge >= 0.3 is 0 Å². The number of nitro benzene ring substituents is 1. The zero-order valence-corrected chi connectivity index (χ0v) is 24.1. The van der Waals surface area contributed by atoms with Crippen molar-refractivity contribution in [2.24, 2.45) is 5.92 Å². The molecule has 0 aromatic heterocycles. The minimum absolute atomic E-state index is 0.00456. The van der Waals surface area contributed by atoms with Gasteiger partial charge in [-0.15, -0.1) is 0 Å². The van der Waals surface area contributed by atoms with Crippen LogP contribution in [0.15, 0.2) is 84.9 Å². The van der Waals surface area contributed by atoms with E-state index in [4.69, 9.17) is 0 Å². The summed E-state index contributed by atoms with van der Waals surface area (Å²) in [5, 5.41) is 32.8. The van der Waals surface area contributed by atoms with Crippen LogP contribution in [0, 0.1) is 19.6 Å². The largest absolute Gasteiger partial charge is 0.395 e. The van der Waals surface area contributed by atoms with Crippen LogP contribution < -0.4 is 4.90 Å². The van der Waals surface area contributed by atoms with E-state index in [1.165, 1.54) is 23.1 Å². The Balaban J connectivity index is 1.57. The van der Waals surface area contributed by atoms with Crippen molar-refractivity contribution >= 4 is 45.8 Å². The van der Waals surface area contributed by atoms with Crippen molar-refractivity contribution in [2.75, 3.05) is 18.1 Å². The Bertz CT molecular complexity index is 1430. The molecule has 0 unspecified atom stereocenters. The maximum Gasteiger partial charge on any atom is 0.269 e. The van der Waals surface area contributed by atoms with E-state index in [1.54, 1.807) is 24.0 Å². The number of anilines is 1. The molecule has 0 bridgehead atoms. The second-order valence-electron chi connectivity index (χ2n) is 9.69. The van der Waals surface area contributed by atoms with Crippen molar-refractivity contribution in [2.45, 2.75) is 32.0 Å². The average molecular weight is 655 g/mol. The fraction of sp³-hybridized carbons (Fsp3) is 0.267. The smallest absolute Gasteiger partial charge is 0.269 e. The summed E-state index contributed by atoms with van der Waals surface area (Å²) in [6, 6.07) is 21.1. The molecule has 1 aliphatic heterocycles. The molecular weight excluding hydrogens is 625 g/mol. The molecule has 0 spiro atoms. The summed E-state index contributed by atoms with van der Waals surface area (Å²) in [6.07, 6.45) is 3.18. The fourth-order valence-electron chi connectivity index (χ4n) is 4.88. The Kier molecular flexibility index (Phi) is 9.33. The highest BCUT2D eigenvalue weighted by Crippen LogP contribution is 2.47. The SMILES string of the molecule is C[C@H](/C=C/CC(=O)N(CCO)Cc1ccccc1)[C@@]1(O)C(=O)N(Cc2cccc(I)c2)c2ccc([N+](=O)[O-])cc21. The number of non-ortho nitro benzene ring substituents is 1. The van der Waals surface area contributed by atoms with Gasteiger partial charge in [0.15, 0.2) is 5.60 Å². The van der Waals surface area contributed by atoms with E-state index in [1.807, 2.05) is 54.6 Å². The fourth-order valence-corrected chi connectivity index (χ4v) is 5.49. The lowest BCUT2D eigenvalue weighted by molar-refractivity contribution is -0.385. The van der Waals surface area contributed by atoms with Crippen LogP contribution in [0.25, 0.3) is 0 Å². The van der Waals surface area contributed by atoms with Crippen LogP contribution in [0.2, 0.25) is 0 Å². The summed E-state index contributed by atoms with van der Waals surface area (Å²) >= 11 is 2.18. The van der Waals surface area contributed by atoms with Gasteiger partial charge in [-0.3, -0.25) is 19.7 Å². The van der Waals surface area contributed by atoms with Crippen molar-refractivity contribution < 1.29 is 24.7 Å². The van der Waals surface area contributed by atoms with Crippen molar-refractivity contribution in [1.82, 2.24) is 4.90 Å². The number of carbonyl (C=O) groups is 2. The number of amides is 2. The lowest BCUT2D eigenvalue weighted by Crippen LogP contribution is -2.44. The first-order valence-electron chi connectivity index (χ1n) is 12.8. The van der Waals surface area contributed by atoms with Crippen LogP contribution >= 0.6 is 22.6 Å². The first-order valence-corrected chi connectivity index (χ1v) is 13.9. The Morgan fingerprint density at radius 1 is 1.12 bits per heavy atom. The molecule has 0 saturated carbocycles. The highest BCUT2D eigenvalue weighted by molar-refractivity contribution is 14.1. The van der Waals surface area contributed by atoms with Gasteiger partial charge in [0, 0.05) is 46.7 Å². The molecule has 3 aromatic rings. The zero-order valence-electron chi connectivity index (χ0n) is 21.9. The number of hydrogen-bond acceptors (Lipinski definition) is 6. The second-order valence-corrected chi connectivity index (χ2v) is 10.9. The predicted octanol–water partition coefficient (Wildman–Crippen LogP) is 4.54. The third-order valence-corrected chi connectivity index (χ3v) is 7.68. The van der Waals surface area contributed by atoms with Gasteiger partial charge < -0.3 is 20.0 Å². The van der Waals surface area contributed by atoms with E-state index < -0.39 is 22.3 Å². The molecule has 0 fully saturated rings. The summed E-state index contributed by atoms with van der Waals surface area (Å²) in [5.41, 5.74) is 0.0615. The highest BCUT2D eigenvalue weighted by Gasteiger charge is 2.53. The molecule has 9 nitrogen and oxygen atoms in total. The third-order valence-electron chi connectivity index (χ3n) is 7.01. The summed E-state index contributed by atoms with van der Waals surface area (Å²) in [6.45, 7) is 2.17. The van der Waals surface area contributed by atoms with Crippen molar-refractivity contribution in [3.05, 3.63) is 115 Å². The standard InChI is InChI=1S/C30H30IN3O6/c1-21(7-5-12-28(36)32(15-16-35)19-22-8-3-2-4-9-22)30(38)26-18-25(34(39)40)13-14-27(26)33(29(30)37)20-23-10-6-11-24(31)17-23/h2-11,13-14,17-18,21,35,38H,12,15-16,19-20H2,1H3/b7-5+/t21-,30+/m1/s1. The van der Waals surface area contributed by atoms with Gasteiger partial charge in [-0.25, -0.2) is 0 Å². The van der Waals surface area contributed by atoms with Crippen LogP contribution in [0.4, 0.5) is 11.4 Å². The number of carbonyl (C=O) groups excluding carboxylic acids is 2. The quantitative estimate of drug-likeness (QED) is 0.135. The van der Waals surface area contributed by atoms with Gasteiger partial charge in [0.1, 0.15) is 0 Å². The molecule has 3 aromatic carbocycles. The van der Waals surface area contributed by atoms with Crippen LogP contribution in [-0.2, 0) is 28.3 Å². The Morgan fingerprint density at radius 2 is 1.85 bits per heavy atom. The van der Waals surface area contributed by atoms with Crippen LogP contribution in [-0.4, -0.2) is 45.0 Å². The average Bonchev–Trinajstić information content (AvgIpc) is 3.15. The van der Waals surface area contributed by atoms with Crippen LogP contribution in [0.3, 0.4) is 0 Å². The molecule has 2 atom stereocenters. The molecule has 0 saturated heterocycles. The van der Waals surface area contributed by atoms with Gasteiger partial charge in [-0.1, -0.05) is 61.5 Å². The topological polar surface area (TPSA) is 124 Å². The van der Waals surface area contributed by atoms with Crippen molar-refractivity contribution in [3.63, 3.8) is 0 Å². The predicted molar refractivity (Wildman–Crippen MR) is 159 cm³/mol.